The number of hydrogen-bond acceptors (Lipinski definition) is 4. The number of hydrogen-bond donors (Lipinski definition) is 1. The highest BCUT2D eigenvalue weighted by atomic mass is 32.1. The Morgan fingerprint density at radius 3 is 2.79 bits per heavy atom. The monoisotopic (exact) mass is 411 g/mol. The van der Waals surface area contributed by atoms with Crippen molar-refractivity contribution in [2.75, 3.05) is 18.4 Å². The molecule has 5 nitrogen and oxygen atoms in total. The fraction of sp³-hybridized carbons (Fsp3) is 0.318. The first-order chi connectivity index (χ1) is 14.0. The Kier molecular flexibility index (Phi) is 5.58. The van der Waals surface area contributed by atoms with Crippen molar-refractivity contribution in [2.45, 2.75) is 26.2 Å². The molecule has 0 saturated carbocycles. The van der Waals surface area contributed by atoms with Gasteiger partial charge in [-0.2, -0.15) is 0 Å². The van der Waals surface area contributed by atoms with Crippen LogP contribution < -0.4 is 5.32 Å². The van der Waals surface area contributed by atoms with Gasteiger partial charge in [0.25, 0.3) is 5.91 Å². The van der Waals surface area contributed by atoms with Gasteiger partial charge in [0, 0.05) is 18.7 Å². The molecule has 0 bridgehead atoms. The molecule has 4 rings (SSSR count). The zero-order chi connectivity index (χ0) is 20.4. The molecule has 1 unspecified atom stereocenters. The van der Waals surface area contributed by atoms with E-state index in [1.165, 1.54) is 41.2 Å². The van der Waals surface area contributed by atoms with Gasteiger partial charge in [0.05, 0.1) is 16.1 Å². The lowest BCUT2D eigenvalue weighted by Gasteiger charge is -2.32. The maximum Gasteiger partial charge on any atom is 0.253 e. The summed E-state index contributed by atoms with van der Waals surface area (Å²) in [5, 5.41) is 3.51. The number of carbonyl (C=O) groups is 2. The van der Waals surface area contributed by atoms with Gasteiger partial charge in [0.2, 0.25) is 5.91 Å². The molecule has 3 aromatic rings. The van der Waals surface area contributed by atoms with E-state index in [9.17, 15) is 14.0 Å². The molecule has 1 aliphatic heterocycles. The van der Waals surface area contributed by atoms with Crippen LogP contribution in [0.4, 0.5) is 9.52 Å². The number of thiazole rings is 1. The van der Waals surface area contributed by atoms with Crippen molar-refractivity contribution in [1.82, 2.24) is 9.88 Å². The molecule has 7 heteroatoms. The van der Waals surface area contributed by atoms with Crippen LogP contribution in [0.15, 0.2) is 42.5 Å². The lowest BCUT2D eigenvalue weighted by atomic mass is 9.96. The molecular weight excluding hydrogens is 389 g/mol. The molecule has 1 N–H and O–H groups in total. The van der Waals surface area contributed by atoms with Gasteiger partial charge >= 0.3 is 0 Å². The van der Waals surface area contributed by atoms with Crippen LogP contribution in [0.25, 0.3) is 10.2 Å². The van der Waals surface area contributed by atoms with Crippen molar-refractivity contribution in [1.29, 1.82) is 0 Å². The Hall–Kier alpha value is -2.80. The highest BCUT2D eigenvalue weighted by Gasteiger charge is 2.29. The van der Waals surface area contributed by atoms with E-state index in [0.29, 0.717) is 23.8 Å². The lowest BCUT2D eigenvalue weighted by molar-refractivity contribution is -0.121. The van der Waals surface area contributed by atoms with Crippen LogP contribution in [0.5, 0.6) is 0 Å². The first-order valence-corrected chi connectivity index (χ1v) is 10.6. The molecule has 2 aromatic carbocycles. The largest absolute Gasteiger partial charge is 0.338 e. The number of likely N-dealkylation sites (tertiary alicyclic amines) is 1. The number of halogens is 1. The molecule has 1 fully saturated rings. The quantitative estimate of drug-likeness (QED) is 0.688. The van der Waals surface area contributed by atoms with E-state index in [1.807, 2.05) is 12.1 Å². The van der Waals surface area contributed by atoms with Gasteiger partial charge in [0.15, 0.2) is 5.13 Å². The number of aromatic nitrogens is 1. The molecule has 1 atom stereocenters. The van der Waals surface area contributed by atoms with Crippen molar-refractivity contribution in [3.8, 4) is 0 Å². The van der Waals surface area contributed by atoms with Crippen molar-refractivity contribution in [3.63, 3.8) is 0 Å². The highest BCUT2D eigenvalue weighted by Crippen LogP contribution is 2.28. The van der Waals surface area contributed by atoms with Gasteiger partial charge < -0.3 is 10.2 Å². The van der Waals surface area contributed by atoms with Crippen LogP contribution in [0.3, 0.4) is 0 Å². The summed E-state index contributed by atoms with van der Waals surface area (Å²) in [6.45, 7) is 3.06. The fourth-order valence-corrected chi connectivity index (χ4v) is 4.53. The Balaban J connectivity index is 1.43. The first-order valence-electron chi connectivity index (χ1n) is 9.78. The third-order valence-corrected chi connectivity index (χ3v) is 6.20. The number of carbonyl (C=O) groups excluding carboxylic acids is 2. The Morgan fingerprint density at radius 2 is 2.03 bits per heavy atom. The van der Waals surface area contributed by atoms with Gasteiger partial charge in [0.1, 0.15) is 5.82 Å². The van der Waals surface area contributed by atoms with E-state index in [4.69, 9.17) is 0 Å². The SMILES string of the molecule is CCc1ccc2nc(NC(=O)C3CCCN(C(=O)c4ccc(F)cc4)C3)sc2c1. The van der Waals surface area contributed by atoms with Crippen LogP contribution in [-0.2, 0) is 11.2 Å². The third-order valence-electron chi connectivity index (χ3n) is 5.26. The first kappa shape index (κ1) is 19.5. The number of amides is 2. The van der Waals surface area contributed by atoms with Gasteiger partial charge in [-0.3, -0.25) is 9.59 Å². The van der Waals surface area contributed by atoms with E-state index < -0.39 is 0 Å². The van der Waals surface area contributed by atoms with Crippen molar-refractivity contribution >= 4 is 38.5 Å². The van der Waals surface area contributed by atoms with Gasteiger partial charge in [-0.25, -0.2) is 9.37 Å². The molecule has 1 aromatic heterocycles. The number of nitrogens with zero attached hydrogens (tertiary/aromatic N) is 2. The zero-order valence-corrected chi connectivity index (χ0v) is 17.0. The zero-order valence-electron chi connectivity index (χ0n) is 16.2. The van der Waals surface area contributed by atoms with Crippen LogP contribution in [0, 0.1) is 11.7 Å². The number of anilines is 1. The summed E-state index contributed by atoms with van der Waals surface area (Å²) in [5.74, 6) is -0.948. The Labute approximate surface area is 172 Å². The van der Waals surface area contributed by atoms with E-state index in [0.717, 1.165) is 29.5 Å². The highest BCUT2D eigenvalue weighted by molar-refractivity contribution is 7.22. The van der Waals surface area contributed by atoms with Crippen molar-refractivity contribution in [3.05, 3.63) is 59.4 Å². The predicted molar refractivity (Wildman–Crippen MR) is 113 cm³/mol. The molecule has 2 amide bonds. The Morgan fingerprint density at radius 1 is 1.24 bits per heavy atom. The number of rotatable bonds is 4. The maximum atomic E-state index is 13.1. The van der Waals surface area contributed by atoms with Crippen LogP contribution in [0.2, 0.25) is 0 Å². The smallest absolute Gasteiger partial charge is 0.253 e. The standard InChI is InChI=1S/C22H22FN3O2S/c1-2-14-5-10-18-19(12-14)29-22(24-18)25-20(27)16-4-3-11-26(13-16)21(28)15-6-8-17(23)9-7-15/h5-10,12,16H,2-4,11,13H2,1H3,(H,24,25,27). The number of fused-ring (bicyclic) bond motifs is 1. The predicted octanol–water partition coefficient (Wildman–Crippen LogP) is 4.49. The molecule has 0 spiro atoms. The summed E-state index contributed by atoms with van der Waals surface area (Å²) in [5.41, 5.74) is 2.55. The molecule has 29 heavy (non-hydrogen) atoms. The minimum atomic E-state index is -0.376. The molecule has 1 aliphatic rings. The van der Waals surface area contributed by atoms with Crippen LogP contribution in [-0.4, -0.2) is 34.8 Å². The van der Waals surface area contributed by atoms with Gasteiger partial charge in [-0.1, -0.05) is 24.3 Å². The summed E-state index contributed by atoms with van der Waals surface area (Å²) in [6, 6.07) is 11.6. The minimum Gasteiger partial charge on any atom is -0.338 e. The topological polar surface area (TPSA) is 62.3 Å². The van der Waals surface area contributed by atoms with E-state index in [2.05, 4.69) is 23.3 Å². The molecular formula is C22H22FN3O2S. The van der Waals surface area contributed by atoms with Crippen molar-refractivity contribution in [2.24, 2.45) is 5.92 Å². The minimum absolute atomic E-state index is 0.114. The molecule has 0 aliphatic carbocycles. The number of nitrogens with one attached hydrogen (secondary N) is 1. The van der Waals surface area contributed by atoms with Gasteiger partial charge in [-0.15, -0.1) is 0 Å². The van der Waals surface area contributed by atoms with Crippen LogP contribution >= 0.6 is 11.3 Å². The number of benzene rings is 2. The average molecular weight is 412 g/mol. The normalized spacial score (nSPS) is 16.8. The van der Waals surface area contributed by atoms with Crippen molar-refractivity contribution < 1.29 is 14.0 Å². The average Bonchev–Trinajstić information content (AvgIpc) is 3.15. The molecule has 150 valence electrons. The number of piperidine rings is 1. The number of aryl methyl sites for hydroxylation is 1. The molecule has 1 saturated heterocycles. The molecule has 2 heterocycles. The third kappa shape index (κ3) is 4.29. The summed E-state index contributed by atoms with van der Waals surface area (Å²) < 4.78 is 14.2. The second kappa shape index (κ2) is 8.29. The second-order valence-corrected chi connectivity index (χ2v) is 8.29. The Bertz CT molecular complexity index is 1050. The molecule has 0 radical (unpaired) electrons. The van der Waals surface area contributed by atoms with Gasteiger partial charge in [-0.05, 0) is 61.2 Å². The van der Waals surface area contributed by atoms with Crippen LogP contribution in [0.1, 0.15) is 35.7 Å². The van der Waals surface area contributed by atoms with E-state index in [1.54, 1.807) is 4.90 Å². The van der Waals surface area contributed by atoms with E-state index >= 15 is 0 Å². The fourth-order valence-electron chi connectivity index (χ4n) is 3.60. The second-order valence-electron chi connectivity index (χ2n) is 7.26. The summed E-state index contributed by atoms with van der Waals surface area (Å²) >= 11 is 1.47. The lowest BCUT2D eigenvalue weighted by Crippen LogP contribution is -2.43. The maximum absolute atomic E-state index is 13.1. The summed E-state index contributed by atoms with van der Waals surface area (Å²) in [4.78, 5) is 31.6. The summed E-state index contributed by atoms with van der Waals surface area (Å²) in [6.07, 6.45) is 2.43. The van der Waals surface area contributed by atoms with E-state index in [-0.39, 0.29) is 23.5 Å². The summed E-state index contributed by atoms with van der Waals surface area (Å²) in [7, 11) is 0.